The summed E-state index contributed by atoms with van der Waals surface area (Å²) >= 11 is 0. The van der Waals surface area contributed by atoms with Gasteiger partial charge in [-0.25, -0.2) is 9.48 Å². The number of hydrogen-bond acceptors (Lipinski definition) is 5. The topological polar surface area (TPSA) is 95.1 Å². The highest BCUT2D eigenvalue weighted by Crippen LogP contribution is 2.51. The zero-order chi connectivity index (χ0) is 29.2. The van der Waals surface area contributed by atoms with E-state index >= 15 is 0 Å². The number of ether oxygens (including phenoxy) is 1. The Morgan fingerprint density at radius 1 is 0.860 bits per heavy atom. The molecule has 212 valence electrons. The molecule has 1 aliphatic rings. The number of nitrogens with two attached hydrogens (primary N) is 1. The Hall–Kier alpha value is -5.27. The van der Waals surface area contributed by atoms with E-state index in [-0.39, 0.29) is 12.1 Å². The summed E-state index contributed by atoms with van der Waals surface area (Å²) in [4.78, 5) is 12.3. The summed E-state index contributed by atoms with van der Waals surface area (Å²) in [5.41, 5.74) is 13.1. The van der Waals surface area contributed by atoms with Gasteiger partial charge in [-0.15, -0.1) is 5.10 Å². The van der Waals surface area contributed by atoms with Crippen molar-refractivity contribution in [2.45, 2.75) is 30.9 Å². The summed E-state index contributed by atoms with van der Waals surface area (Å²) in [6, 6.07) is 40.5. The van der Waals surface area contributed by atoms with Crippen LogP contribution in [0.4, 0.5) is 10.5 Å². The summed E-state index contributed by atoms with van der Waals surface area (Å²) in [5, 5.41) is 14.0. The number of benzene rings is 5. The zero-order valence-corrected chi connectivity index (χ0v) is 23.6. The van der Waals surface area contributed by atoms with E-state index in [1.54, 1.807) is 4.68 Å². The smallest absolute Gasteiger partial charge is 0.411 e. The summed E-state index contributed by atoms with van der Waals surface area (Å²) in [5.74, 6) is 0.328. The van der Waals surface area contributed by atoms with E-state index in [4.69, 9.17) is 10.5 Å². The number of amides is 1. The maximum Gasteiger partial charge on any atom is 0.411 e. The third-order valence-electron chi connectivity index (χ3n) is 8.14. The van der Waals surface area contributed by atoms with Crippen LogP contribution in [0.2, 0.25) is 0 Å². The summed E-state index contributed by atoms with van der Waals surface area (Å²) in [6.07, 6.45) is 3.19. The molecule has 0 bridgehead atoms. The molecule has 6 aromatic rings. The summed E-state index contributed by atoms with van der Waals surface area (Å²) < 4.78 is 7.09. The summed E-state index contributed by atoms with van der Waals surface area (Å²) in [6.45, 7) is 0.205. The standard InChI is InChI=1S/C36H31N5O2/c37-36(21-26-13-14-27-9-4-5-10-29(27)19-26)22-33(36)28-15-17-32(18-16-28)41-23-34(39-40-41)30-11-6-12-31(20-30)38-35(42)43-24-25-7-2-1-3-8-25/h1-20,23,33H,21-22,24,37H2,(H,38,42)/t33-,36+/m0/s1. The quantitative estimate of drug-likeness (QED) is 0.202. The highest BCUT2D eigenvalue weighted by atomic mass is 16.5. The van der Waals surface area contributed by atoms with Crippen LogP contribution in [0.25, 0.3) is 27.7 Å². The van der Waals surface area contributed by atoms with Crippen LogP contribution in [-0.2, 0) is 17.8 Å². The molecule has 5 aromatic carbocycles. The molecule has 1 saturated carbocycles. The van der Waals surface area contributed by atoms with E-state index < -0.39 is 6.09 Å². The minimum absolute atomic E-state index is 0.205. The Morgan fingerprint density at radius 3 is 2.49 bits per heavy atom. The Balaban J connectivity index is 0.985. The fraction of sp³-hybridized carbons (Fsp3) is 0.139. The second-order valence-electron chi connectivity index (χ2n) is 11.3. The van der Waals surface area contributed by atoms with Crippen molar-refractivity contribution in [3.63, 3.8) is 0 Å². The number of rotatable bonds is 8. The van der Waals surface area contributed by atoms with Gasteiger partial charge in [-0.2, -0.15) is 0 Å². The van der Waals surface area contributed by atoms with Gasteiger partial charge in [0, 0.05) is 22.7 Å². The molecule has 7 nitrogen and oxygen atoms in total. The van der Waals surface area contributed by atoms with Crippen molar-refractivity contribution < 1.29 is 9.53 Å². The van der Waals surface area contributed by atoms with E-state index in [2.05, 4.69) is 82.4 Å². The molecule has 7 rings (SSSR count). The predicted molar refractivity (Wildman–Crippen MR) is 169 cm³/mol. The molecule has 43 heavy (non-hydrogen) atoms. The first-order valence-corrected chi connectivity index (χ1v) is 14.4. The second-order valence-corrected chi connectivity index (χ2v) is 11.3. The molecule has 0 radical (unpaired) electrons. The van der Waals surface area contributed by atoms with E-state index in [0.717, 1.165) is 29.7 Å². The third-order valence-corrected chi connectivity index (χ3v) is 8.14. The number of fused-ring (bicyclic) bond motifs is 1. The van der Waals surface area contributed by atoms with Gasteiger partial charge in [0.25, 0.3) is 0 Å². The predicted octanol–water partition coefficient (Wildman–Crippen LogP) is 7.26. The lowest BCUT2D eigenvalue weighted by molar-refractivity contribution is 0.155. The highest BCUT2D eigenvalue weighted by molar-refractivity contribution is 5.86. The molecule has 0 saturated heterocycles. The van der Waals surface area contributed by atoms with Crippen LogP contribution in [0.3, 0.4) is 0 Å². The van der Waals surface area contributed by atoms with Gasteiger partial charge in [0.15, 0.2) is 0 Å². The highest BCUT2D eigenvalue weighted by Gasteiger charge is 2.51. The fourth-order valence-electron chi connectivity index (χ4n) is 5.71. The zero-order valence-electron chi connectivity index (χ0n) is 23.6. The Kier molecular flexibility index (Phi) is 6.93. The Morgan fingerprint density at radius 2 is 1.65 bits per heavy atom. The van der Waals surface area contributed by atoms with Crippen LogP contribution in [-0.4, -0.2) is 26.6 Å². The van der Waals surface area contributed by atoms with Crippen LogP contribution in [0.1, 0.15) is 29.0 Å². The average Bonchev–Trinajstić information content (AvgIpc) is 3.45. The molecule has 1 fully saturated rings. The average molecular weight is 566 g/mol. The van der Waals surface area contributed by atoms with Crippen LogP contribution in [0, 0.1) is 0 Å². The van der Waals surface area contributed by atoms with Crippen LogP contribution in [0.5, 0.6) is 0 Å². The number of aromatic nitrogens is 3. The first kappa shape index (κ1) is 26.6. The van der Waals surface area contributed by atoms with Gasteiger partial charge < -0.3 is 10.5 Å². The maximum atomic E-state index is 12.3. The lowest BCUT2D eigenvalue weighted by Gasteiger charge is -2.13. The van der Waals surface area contributed by atoms with Gasteiger partial charge in [0.2, 0.25) is 0 Å². The Bertz CT molecular complexity index is 1900. The second kappa shape index (κ2) is 11.2. The minimum atomic E-state index is -0.515. The number of carbonyl (C=O) groups excluding carboxylic acids is 1. The number of carbonyl (C=O) groups is 1. The van der Waals surface area contributed by atoms with Crippen molar-refractivity contribution in [2.24, 2.45) is 5.73 Å². The lowest BCUT2D eigenvalue weighted by atomic mass is 9.97. The van der Waals surface area contributed by atoms with Gasteiger partial charge in [-0.05, 0) is 64.6 Å². The van der Waals surface area contributed by atoms with E-state index in [0.29, 0.717) is 17.3 Å². The van der Waals surface area contributed by atoms with Gasteiger partial charge in [-0.3, -0.25) is 5.32 Å². The molecule has 1 aromatic heterocycles. The van der Waals surface area contributed by atoms with Gasteiger partial charge >= 0.3 is 6.09 Å². The van der Waals surface area contributed by atoms with Crippen molar-refractivity contribution in [3.05, 3.63) is 144 Å². The number of hydrogen-bond donors (Lipinski definition) is 2. The Labute approximate surface area is 249 Å². The molecule has 0 spiro atoms. The number of nitrogens with one attached hydrogen (secondary N) is 1. The minimum Gasteiger partial charge on any atom is -0.444 e. The maximum absolute atomic E-state index is 12.3. The molecule has 1 aliphatic carbocycles. The van der Waals surface area contributed by atoms with E-state index in [1.165, 1.54) is 21.9 Å². The lowest BCUT2D eigenvalue weighted by Crippen LogP contribution is -2.27. The van der Waals surface area contributed by atoms with Crippen LogP contribution in [0.15, 0.2) is 128 Å². The van der Waals surface area contributed by atoms with Crippen molar-refractivity contribution >= 4 is 22.6 Å². The van der Waals surface area contributed by atoms with Crippen molar-refractivity contribution in [3.8, 4) is 16.9 Å². The number of anilines is 1. The fourth-order valence-corrected chi connectivity index (χ4v) is 5.71. The molecule has 1 heterocycles. The molecular formula is C36H31N5O2. The molecule has 3 N–H and O–H groups in total. The summed E-state index contributed by atoms with van der Waals surface area (Å²) in [7, 11) is 0. The van der Waals surface area contributed by atoms with Crippen LogP contribution < -0.4 is 11.1 Å². The third kappa shape index (κ3) is 5.89. The largest absolute Gasteiger partial charge is 0.444 e. The first-order chi connectivity index (χ1) is 21.0. The molecule has 0 aliphatic heterocycles. The first-order valence-electron chi connectivity index (χ1n) is 14.4. The normalized spacial score (nSPS) is 17.5. The molecular weight excluding hydrogens is 534 g/mol. The van der Waals surface area contributed by atoms with Crippen LogP contribution >= 0.6 is 0 Å². The van der Waals surface area contributed by atoms with E-state index in [1.807, 2.05) is 60.8 Å². The SMILES string of the molecule is N[C@]1(Cc2ccc3ccccc3c2)C[C@H]1c1ccc(-n2cc(-c3cccc(NC(=O)OCc4ccccc4)c3)nn2)cc1. The van der Waals surface area contributed by atoms with E-state index in [9.17, 15) is 4.79 Å². The molecule has 0 unspecified atom stereocenters. The van der Waals surface area contributed by atoms with Crippen molar-refractivity contribution in [2.75, 3.05) is 5.32 Å². The monoisotopic (exact) mass is 565 g/mol. The van der Waals surface area contributed by atoms with Crippen molar-refractivity contribution in [1.82, 2.24) is 15.0 Å². The number of nitrogens with zero attached hydrogens (tertiary/aromatic N) is 3. The molecule has 2 atom stereocenters. The molecule has 7 heteroatoms. The van der Waals surface area contributed by atoms with Gasteiger partial charge in [0.1, 0.15) is 12.3 Å². The molecule has 1 amide bonds. The van der Waals surface area contributed by atoms with Crippen molar-refractivity contribution in [1.29, 1.82) is 0 Å². The van der Waals surface area contributed by atoms with Gasteiger partial charge in [0.05, 0.1) is 11.9 Å². The van der Waals surface area contributed by atoms with Gasteiger partial charge in [-0.1, -0.05) is 102 Å².